The number of furan rings is 1. The molecule has 1 aromatic heterocycles. The maximum Gasteiger partial charge on any atom is 0.251 e. The zero-order chi connectivity index (χ0) is 14.7. The van der Waals surface area contributed by atoms with Crippen molar-refractivity contribution in [3.05, 3.63) is 36.1 Å². The largest absolute Gasteiger partial charge is 0.464 e. The van der Waals surface area contributed by atoms with Gasteiger partial charge in [0.15, 0.2) is 0 Å². The number of piperidine rings is 3. The molecule has 114 valence electrons. The van der Waals surface area contributed by atoms with E-state index >= 15 is 0 Å². The van der Waals surface area contributed by atoms with E-state index in [-0.39, 0.29) is 11.4 Å². The minimum Gasteiger partial charge on any atom is -0.464 e. The SMILES string of the molecule is O=C(N[C@@H]1C2CCN(CC2)C12CC2)c1ccc2ccoc2c1. The van der Waals surface area contributed by atoms with Gasteiger partial charge in [-0.15, -0.1) is 0 Å². The van der Waals surface area contributed by atoms with Crippen LogP contribution < -0.4 is 5.32 Å². The Morgan fingerprint density at radius 3 is 2.82 bits per heavy atom. The first-order valence-electron chi connectivity index (χ1n) is 8.29. The van der Waals surface area contributed by atoms with Gasteiger partial charge in [-0.3, -0.25) is 9.69 Å². The third-order valence-corrected chi connectivity index (χ3v) is 5.99. The molecular weight excluding hydrogens is 276 g/mol. The van der Waals surface area contributed by atoms with Gasteiger partial charge in [0, 0.05) is 16.5 Å². The zero-order valence-corrected chi connectivity index (χ0v) is 12.5. The summed E-state index contributed by atoms with van der Waals surface area (Å²) in [5, 5.41) is 4.39. The van der Waals surface area contributed by atoms with Gasteiger partial charge in [0.1, 0.15) is 5.58 Å². The van der Waals surface area contributed by atoms with Crippen LogP contribution in [-0.4, -0.2) is 35.5 Å². The molecule has 6 rings (SSSR count). The minimum atomic E-state index is 0.0447. The lowest BCUT2D eigenvalue weighted by atomic mass is 9.77. The summed E-state index contributed by atoms with van der Waals surface area (Å²) < 4.78 is 5.41. The number of nitrogens with zero attached hydrogens (tertiary/aromatic N) is 1. The zero-order valence-electron chi connectivity index (χ0n) is 12.5. The van der Waals surface area contributed by atoms with E-state index in [0.29, 0.717) is 17.5 Å². The molecule has 1 spiro atoms. The molecule has 22 heavy (non-hydrogen) atoms. The molecule has 3 saturated heterocycles. The predicted octanol–water partition coefficient (Wildman–Crippen LogP) is 2.79. The van der Waals surface area contributed by atoms with Crippen molar-refractivity contribution in [3.63, 3.8) is 0 Å². The van der Waals surface area contributed by atoms with Gasteiger partial charge in [0.25, 0.3) is 5.91 Å². The predicted molar refractivity (Wildman–Crippen MR) is 83.7 cm³/mol. The second-order valence-electron chi connectivity index (χ2n) is 7.05. The Morgan fingerprint density at radius 2 is 2.05 bits per heavy atom. The molecule has 4 heterocycles. The van der Waals surface area contributed by atoms with Crippen LogP contribution in [0.1, 0.15) is 36.0 Å². The van der Waals surface area contributed by atoms with Crippen LogP contribution in [0.3, 0.4) is 0 Å². The fourth-order valence-electron chi connectivity index (χ4n) is 4.64. The molecule has 1 aliphatic carbocycles. The quantitative estimate of drug-likeness (QED) is 0.927. The number of rotatable bonds is 2. The van der Waals surface area contributed by atoms with Crippen LogP contribution >= 0.6 is 0 Å². The molecule has 4 aliphatic rings. The summed E-state index contributed by atoms with van der Waals surface area (Å²) in [5.74, 6) is 0.701. The molecule has 3 aliphatic heterocycles. The van der Waals surface area contributed by atoms with Crippen LogP contribution in [0.4, 0.5) is 0 Å². The van der Waals surface area contributed by atoms with Crippen LogP contribution in [-0.2, 0) is 0 Å². The number of carbonyl (C=O) groups excluding carboxylic acids is 1. The first-order valence-corrected chi connectivity index (χ1v) is 8.29. The molecule has 4 heteroatoms. The van der Waals surface area contributed by atoms with E-state index < -0.39 is 0 Å². The summed E-state index contributed by atoms with van der Waals surface area (Å²) in [7, 11) is 0. The van der Waals surface area contributed by atoms with Crippen LogP contribution in [0, 0.1) is 5.92 Å². The van der Waals surface area contributed by atoms with Gasteiger partial charge in [-0.1, -0.05) is 6.07 Å². The molecule has 1 atom stereocenters. The van der Waals surface area contributed by atoms with Crippen molar-refractivity contribution >= 4 is 16.9 Å². The molecule has 1 aromatic carbocycles. The highest BCUT2D eigenvalue weighted by molar-refractivity contribution is 5.97. The lowest BCUT2D eigenvalue weighted by Crippen LogP contribution is -2.65. The summed E-state index contributed by atoms with van der Waals surface area (Å²) in [6.07, 6.45) is 6.60. The number of fused-ring (bicyclic) bond motifs is 3. The first-order chi connectivity index (χ1) is 10.8. The molecule has 2 aromatic rings. The van der Waals surface area contributed by atoms with Crippen LogP contribution in [0.5, 0.6) is 0 Å². The molecule has 1 amide bonds. The second-order valence-corrected chi connectivity index (χ2v) is 7.05. The summed E-state index contributed by atoms with van der Waals surface area (Å²) in [4.78, 5) is 15.3. The van der Waals surface area contributed by atoms with Gasteiger partial charge >= 0.3 is 0 Å². The summed E-state index contributed by atoms with van der Waals surface area (Å²) >= 11 is 0. The first kappa shape index (κ1) is 12.7. The summed E-state index contributed by atoms with van der Waals surface area (Å²) in [6, 6.07) is 7.95. The second kappa shape index (κ2) is 4.35. The summed E-state index contributed by atoms with van der Waals surface area (Å²) in [5.41, 5.74) is 1.77. The van der Waals surface area contributed by atoms with E-state index in [2.05, 4.69) is 10.2 Å². The maximum absolute atomic E-state index is 12.7. The lowest BCUT2D eigenvalue weighted by Gasteiger charge is -2.52. The van der Waals surface area contributed by atoms with Crippen molar-refractivity contribution in [2.75, 3.05) is 13.1 Å². The molecule has 2 bridgehead atoms. The molecular formula is C18H20N2O2. The third-order valence-electron chi connectivity index (χ3n) is 5.99. The van der Waals surface area contributed by atoms with Crippen molar-refractivity contribution in [1.29, 1.82) is 0 Å². The van der Waals surface area contributed by atoms with Crippen molar-refractivity contribution in [3.8, 4) is 0 Å². The molecule has 0 radical (unpaired) electrons. The molecule has 1 saturated carbocycles. The average Bonchev–Trinajstić information content (AvgIpc) is 3.18. The highest BCUT2D eigenvalue weighted by atomic mass is 16.3. The highest BCUT2D eigenvalue weighted by Gasteiger charge is 2.60. The Morgan fingerprint density at radius 1 is 1.23 bits per heavy atom. The molecule has 0 unspecified atom stereocenters. The smallest absolute Gasteiger partial charge is 0.251 e. The van der Waals surface area contributed by atoms with Crippen molar-refractivity contribution in [2.24, 2.45) is 5.92 Å². The van der Waals surface area contributed by atoms with Crippen molar-refractivity contribution in [1.82, 2.24) is 10.2 Å². The van der Waals surface area contributed by atoms with Crippen molar-refractivity contribution < 1.29 is 9.21 Å². The standard InChI is InChI=1S/C18H20N2O2/c21-17(14-2-1-12-5-10-22-15(12)11-14)19-16-13-3-8-20(9-4-13)18(16)6-7-18/h1-2,5,10-11,13,16H,3-4,6-9H2,(H,19,21)/t16-/m1/s1. The summed E-state index contributed by atoms with van der Waals surface area (Å²) in [6.45, 7) is 2.44. The number of nitrogens with one attached hydrogen (secondary N) is 1. The number of carbonyl (C=O) groups is 1. The van der Waals surface area contributed by atoms with Crippen LogP contribution in [0.2, 0.25) is 0 Å². The van der Waals surface area contributed by atoms with E-state index in [9.17, 15) is 4.79 Å². The normalized spacial score (nSPS) is 31.5. The Kier molecular flexibility index (Phi) is 2.51. The maximum atomic E-state index is 12.7. The number of hydrogen-bond donors (Lipinski definition) is 1. The number of amides is 1. The lowest BCUT2D eigenvalue weighted by molar-refractivity contribution is -0.00144. The van der Waals surface area contributed by atoms with Gasteiger partial charge < -0.3 is 9.73 Å². The van der Waals surface area contributed by atoms with Gasteiger partial charge in [0.05, 0.1) is 12.3 Å². The van der Waals surface area contributed by atoms with E-state index in [1.54, 1.807) is 6.26 Å². The van der Waals surface area contributed by atoms with Crippen LogP contribution in [0.15, 0.2) is 34.9 Å². The Bertz CT molecular complexity index is 738. The topological polar surface area (TPSA) is 45.5 Å². The van der Waals surface area contributed by atoms with E-state index in [1.165, 1.54) is 38.8 Å². The fourth-order valence-corrected chi connectivity index (χ4v) is 4.64. The van der Waals surface area contributed by atoms with E-state index in [1.807, 2.05) is 24.3 Å². The van der Waals surface area contributed by atoms with Gasteiger partial charge in [0.2, 0.25) is 0 Å². The Labute approximate surface area is 129 Å². The van der Waals surface area contributed by atoms with Gasteiger partial charge in [-0.25, -0.2) is 0 Å². The van der Waals surface area contributed by atoms with Gasteiger partial charge in [-0.2, -0.15) is 0 Å². The Balaban J connectivity index is 1.42. The third kappa shape index (κ3) is 1.70. The van der Waals surface area contributed by atoms with Crippen molar-refractivity contribution in [2.45, 2.75) is 37.3 Å². The molecule has 4 fully saturated rings. The Hall–Kier alpha value is -1.81. The minimum absolute atomic E-state index is 0.0447. The van der Waals surface area contributed by atoms with Gasteiger partial charge in [-0.05, 0) is 62.9 Å². The fraction of sp³-hybridized carbons (Fsp3) is 0.500. The molecule has 4 nitrogen and oxygen atoms in total. The van der Waals surface area contributed by atoms with E-state index in [4.69, 9.17) is 4.42 Å². The monoisotopic (exact) mass is 296 g/mol. The van der Waals surface area contributed by atoms with Crippen LogP contribution in [0.25, 0.3) is 11.0 Å². The number of hydrogen-bond acceptors (Lipinski definition) is 3. The molecule has 1 N–H and O–H groups in total. The number of benzene rings is 1. The van der Waals surface area contributed by atoms with E-state index in [0.717, 1.165) is 11.0 Å². The highest BCUT2D eigenvalue weighted by Crippen LogP contribution is 2.53. The average molecular weight is 296 g/mol.